The lowest BCUT2D eigenvalue weighted by atomic mass is 9.90. The second-order valence-electron chi connectivity index (χ2n) is 15.3. The molecule has 0 bridgehead atoms. The van der Waals surface area contributed by atoms with Gasteiger partial charge in [-0.05, 0) is 90.2 Å². The van der Waals surface area contributed by atoms with E-state index in [2.05, 4.69) is 266 Å². The molecule has 0 atom stereocenters. The average Bonchev–Trinajstić information content (AvgIpc) is 3.34. The number of hydrogen-bond donors (Lipinski definition) is 0. The SMILES string of the molecule is c1ccc(-c2cc(-c3ccccc3)c(N(c3ccccc3)c3cccc([Si](c4ccccc4)(c4ccccc4)c4ccc5ccccc5c4)c3)c(-c3ccccc3)c2)cc1. The van der Waals surface area contributed by atoms with Crippen LogP contribution < -0.4 is 25.6 Å². The Morgan fingerprint density at radius 2 is 0.667 bits per heavy atom. The van der Waals surface area contributed by atoms with Crippen molar-refractivity contribution in [3.63, 3.8) is 0 Å². The minimum Gasteiger partial charge on any atom is -0.309 e. The summed E-state index contributed by atoms with van der Waals surface area (Å²) < 4.78 is 0. The zero-order valence-electron chi connectivity index (χ0n) is 33.3. The van der Waals surface area contributed by atoms with Gasteiger partial charge in [-0.1, -0.05) is 224 Å². The third-order valence-electron chi connectivity index (χ3n) is 11.8. The molecule has 10 aromatic carbocycles. The predicted octanol–water partition coefficient (Wildman–Crippen LogP) is 12.7. The van der Waals surface area contributed by atoms with E-state index in [4.69, 9.17) is 0 Å². The van der Waals surface area contributed by atoms with Gasteiger partial charge in [-0.25, -0.2) is 0 Å². The number of nitrogens with zero attached hydrogens (tertiary/aromatic N) is 1. The van der Waals surface area contributed by atoms with Crippen LogP contribution in [0.1, 0.15) is 0 Å². The van der Waals surface area contributed by atoms with Gasteiger partial charge in [0.25, 0.3) is 0 Å². The van der Waals surface area contributed by atoms with E-state index in [-0.39, 0.29) is 0 Å². The number of para-hydroxylation sites is 1. The lowest BCUT2D eigenvalue weighted by Gasteiger charge is -2.36. The van der Waals surface area contributed by atoms with E-state index in [9.17, 15) is 0 Å². The van der Waals surface area contributed by atoms with Gasteiger partial charge >= 0.3 is 0 Å². The van der Waals surface area contributed by atoms with Crippen LogP contribution in [0.5, 0.6) is 0 Å². The van der Waals surface area contributed by atoms with Crippen LogP contribution in [-0.4, -0.2) is 8.07 Å². The van der Waals surface area contributed by atoms with E-state index in [1.807, 2.05) is 0 Å². The summed E-state index contributed by atoms with van der Waals surface area (Å²) in [5, 5.41) is 7.85. The maximum Gasteiger partial charge on any atom is 0.179 e. The maximum absolute atomic E-state index is 2.93. The number of rotatable bonds is 10. The third kappa shape index (κ3) is 6.83. The zero-order valence-corrected chi connectivity index (χ0v) is 34.3. The summed E-state index contributed by atoms with van der Waals surface area (Å²) in [5.74, 6) is 0. The molecule has 0 N–H and O–H groups in total. The van der Waals surface area contributed by atoms with Gasteiger partial charge < -0.3 is 4.90 Å². The molecule has 0 saturated carbocycles. The molecule has 10 rings (SSSR count). The Hall–Kier alpha value is -7.52. The van der Waals surface area contributed by atoms with E-state index >= 15 is 0 Å². The molecule has 0 heterocycles. The van der Waals surface area contributed by atoms with Crippen LogP contribution in [0.25, 0.3) is 44.2 Å². The van der Waals surface area contributed by atoms with Gasteiger partial charge in [0.2, 0.25) is 0 Å². The molecule has 0 saturated heterocycles. The Labute approximate surface area is 354 Å². The van der Waals surface area contributed by atoms with Crippen molar-refractivity contribution in [1.82, 2.24) is 0 Å². The van der Waals surface area contributed by atoms with Crippen LogP contribution >= 0.6 is 0 Å². The summed E-state index contributed by atoms with van der Waals surface area (Å²) in [6.07, 6.45) is 0. The minimum absolute atomic E-state index is 1.09. The van der Waals surface area contributed by atoms with Crippen molar-refractivity contribution in [3.05, 3.63) is 261 Å². The molecule has 0 fully saturated rings. The van der Waals surface area contributed by atoms with Gasteiger partial charge in [0.05, 0.1) is 5.69 Å². The van der Waals surface area contributed by atoms with Gasteiger partial charge in [-0.3, -0.25) is 0 Å². The van der Waals surface area contributed by atoms with Gasteiger partial charge in [0, 0.05) is 22.5 Å². The van der Waals surface area contributed by atoms with E-state index in [1.54, 1.807) is 0 Å². The summed E-state index contributed by atoms with van der Waals surface area (Å²) in [4.78, 5) is 2.50. The molecule has 1 nitrogen and oxygen atoms in total. The third-order valence-corrected chi connectivity index (χ3v) is 16.5. The first-order valence-corrected chi connectivity index (χ1v) is 22.7. The van der Waals surface area contributed by atoms with Gasteiger partial charge in [-0.15, -0.1) is 0 Å². The van der Waals surface area contributed by atoms with Crippen molar-refractivity contribution in [2.75, 3.05) is 4.90 Å². The Bertz CT molecular complexity index is 2910. The highest BCUT2D eigenvalue weighted by atomic mass is 28.3. The Balaban J connectivity index is 1.30. The molecule has 0 aromatic heterocycles. The van der Waals surface area contributed by atoms with Crippen LogP contribution in [0.4, 0.5) is 17.1 Å². The van der Waals surface area contributed by atoms with Crippen molar-refractivity contribution >= 4 is 56.7 Å². The molecule has 2 heteroatoms. The molecular formula is C58H43NSi. The van der Waals surface area contributed by atoms with Gasteiger partial charge in [0.1, 0.15) is 0 Å². The van der Waals surface area contributed by atoms with Gasteiger partial charge in [0.15, 0.2) is 8.07 Å². The summed E-state index contributed by atoms with van der Waals surface area (Å²) in [5.41, 5.74) is 10.3. The van der Waals surface area contributed by atoms with Crippen molar-refractivity contribution in [3.8, 4) is 33.4 Å². The Morgan fingerprint density at radius 3 is 1.22 bits per heavy atom. The number of fused-ring (bicyclic) bond motifs is 1. The molecule has 0 aliphatic rings. The molecule has 284 valence electrons. The highest BCUT2D eigenvalue weighted by Gasteiger charge is 2.42. The Morgan fingerprint density at radius 1 is 0.250 bits per heavy atom. The predicted molar refractivity (Wildman–Crippen MR) is 259 cm³/mol. The first kappa shape index (κ1) is 36.8. The van der Waals surface area contributed by atoms with Crippen LogP contribution in [0.15, 0.2) is 261 Å². The second kappa shape index (κ2) is 16.4. The largest absolute Gasteiger partial charge is 0.309 e. The van der Waals surface area contributed by atoms with Crippen LogP contribution in [0, 0.1) is 0 Å². The fraction of sp³-hybridized carbons (Fsp3) is 0. The normalized spacial score (nSPS) is 11.3. The minimum atomic E-state index is -2.93. The summed E-state index contributed by atoms with van der Waals surface area (Å²) in [6, 6.07) is 95.9. The number of anilines is 3. The van der Waals surface area contributed by atoms with Crippen LogP contribution in [0.2, 0.25) is 0 Å². The molecule has 0 amide bonds. The zero-order chi connectivity index (χ0) is 40.1. The fourth-order valence-corrected chi connectivity index (χ4v) is 13.8. The van der Waals surface area contributed by atoms with E-state index in [0.29, 0.717) is 0 Å². The van der Waals surface area contributed by atoms with Crippen molar-refractivity contribution in [2.45, 2.75) is 0 Å². The summed E-state index contributed by atoms with van der Waals surface area (Å²) >= 11 is 0. The molecule has 0 radical (unpaired) electrons. The lowest BCUT2D eigenvalue weighted by Crippen LogP contribution is -2.74. The van der Waals surface area contributed by atoms with E-state index < -0.39 is 8.07 Å². The van der Waals surface area contributed by atoms with Gasteiger partial charge in [-0.2, -0.15) is 0 Å². The maximum atomic E-state index is 2.50. The summed E-state index contributed by atoms with van der Waals surface area (Å²) in [7, 11) is -2.93. The summed E-state index contributed by atoms with van der Waals surface area (Å²) in [6.45, 7) is 0. The number of hydrogen-bond acceptors (Lipinski definition) is 1. The molecule has 60 heavy (non-hydrogen) atoms. The topological polar surface area (TPSA) is 3.24 Å². The van der Waals surface area contributed by atoms with Crippen molar-refractivity contribution < 1.29 is 0 Å². The first-order chi connectivity index (χ1) is 29.8. The molecular weight excluding hydrogens is 739 g/mol. The highest BCUT2D eigenvalue weighted by Crippen LogP contribution is 2.48. The lowest BCUT2D eigenvalue weighted by molar-refractivity contribution is 1.29. The average molecular weight is 782 g/mol. The molecule has 10 aromatic rings. The van der Waals surface area contributed by atoms with E-state index in [1.165, 1.54) is 42.6 Å². The Kier molecular flexibility index (Phi) is 10.0. The number of benzene rings is 10. The standard InChI is InChI=1S/C58H43NSi/c1-7-22-44(23-8-1)49-41-56(46-25-9-2-10-26-46)58(57(42-49)47-27-11-3-12-28-47)59(50-30-13-4-14-31-50)51-32-21-37-54(43-51)60(52-33-15-5-16-34-52,53-35-17-6-18-36-53)55-39-38-45-24-19-20-29-48(45)40-55/h1-43H. The first-order valence-electron chi connectivity index (χ1n) is 20.7. The second-order valence-corrected chi connectivity index (χ2v) is 19.1. The molecule has 0 unspecified atom stereocenters. The fourth-order valence-electron chi connectivity index (χ4n) is 9.01. The van der Waals surface area contributed by atoms with E-state index in [0.717, 1.165) is 39.3 Å². The van der Waals surface area contributed by atoms with Crippen molar-refractivity contribution in [2.24, 2.45) is 0 Å². The van der Waals surface area contributed by atoms with Crippen LogP contribution in [0.3, 0.4) is 0 Å². The highest BCUT2D eigenvalue weighted by molar-refractivity contribution is 7.20. The molecule has 0 aliphatic heterocycles. The smallest absolute Gasteiger partial charge is 0.179 e. The van der Waals surface area contributed by atoms with Crippen molar-refractivity contribution in [1.29, 1.82) is 0 Å². The quantitative estimate of drug-likeness (QED) is 0.0987. The van der Waals surface area contributed by atoms with Crippen LogP contribution in [-0.2, 0) is 0 Å². The monoisotopic (exact) mass is 781 g/mol. The molecule has 0 aliphatic carbocycles. The molecule has 0 spiro atoms.